The molecule has 67 valence electrons. The summed E-state index contributed by atoms with van der Waals surface area (Å²) >= 11 is 0. The predicted octanol–water partition coefficient (Wildman–Crippen LogP) is -1.07. The largest absolute Gasteiger partial charge is 0.341 e. The summed E-state index contributed by atoms with van der Waals surface area (Å²) in [5.41, 5.74) is 0. The van der Waals surface area contributed by atoms with Crippen molar-refractivity contribution in [3.8, 4) is 0 Å². The SMILES string of the molecule is C[n+]1cc[n-]c1.C[n+]1cc[n-]c1.[Y]. The van der Waals surface area contributed by atoms with E-state index < -0.39 is 0 Å². The molecule has 13 heavy (non-hydrogen) atoms. The molecule has 0 aliphatic rings. The van der Waals surface area contributed by atoms with Gasteiger partial charge in [0.1, 0.15) is 0 Å². The van der Waals surface area contributed by atoms with E-state index in [0.29, 0.717) is 0 Å². The van der Waals surface area contributed by atoms with Crippen molar-refractivity contribution in [2.45, 2.75) is 0 Å². The van der Waals surface area contributed by atoms with Gasteiger partial charge in [-0.05, 0) is 0 Å². The zero-order valence-corrected chi connectivity index (χ0v) is 10.7. The summed E-state index contributed by atoms with van der Waals surface area (Å²) in [5.74, 6) is 0. The van der Waals surface area contributed by atoms with Crippen LogP contribution >= 0.6 is 0 Å². The van der Waals surface area contributed by atoms with Crippen LogP contribution in [0.15, 0.2) is 37.4 Å². The van der Waals surface area contributed by atoms with E-state index in [1.807, 2.05) is 35.6 Å². The first-order valence-corrected chi connectivity index (χ1v) is 3.63. The van der Waals surface area contributed by atoms with Crippen LogP contribution in [0.5, 0.6) is 0 Å². The van der Waals surface area contributed by atoms with Crippen molar-refractivity contribution in [1.82, 2.24) is 9.97 Å². The molecular weight excluding hydrogens is 241 g/mol. The maximum absolute atomic E-state index is 3.78. The van der Waals surface area contributed by atoms with Gasteiger partial charge in [0, 0.05) is 71.6 Å². The monoisotopic (exact) mass is 253 g/mol. The third kappa shape index (κ3) is 5.72. The summed E-state index contributed by atoms with van der Waals surface area (Å²) in [6.45, 7) is 0. The third-order valence-electron chi connectivity index (χ3n) is 1.27. The van der Waals surface area contributed by atoms with Gasteiger partial charge in [0.25, 0.3) is 0 Å². The summed E-state index contributed by atoms with van der Waals surface area (Å²) in [4.78, 5) is 7.57. The minimum atomic E-state index is 0. The molecule has 0 aliphatic carbocycles. The second-order valence-corrected chi connectivity index (χ2v) is 2.46. The molecule has 5 heteroatoms. The van der Waals surface area contributed by atoms with E-state index in [1.165, 1.54) is 0 Å². The van der Waals surface area contributed by atoms with Crippen LogP contribution in [0, 0.1) is 0 Å². The molecule has 0 atom stereocenters. The first-order chi connectivity index (χ1) is 5.79. The molecular formula is C8H12N4Y. The van der Waals surface area contributed by atoms with Crippen LogP contribution < -0.4 is 19.1 Å². The number of hydrogen-bond acceptors (Lipinski definition) is 0. The van der Waals surface area contributed by atoms with Gasteiger partial charge in [0.2, 0.25) is 0 Å². The zero-order chi connectivity index (χ0) is 8.81. The van der Waals surface area contributed by atoms with Crippen LogP contribution in [-0.2, 0) is 46.8 Å². The average molecular weight is 253 g/mol. The van der Waals surface area contributed by atoms with Crippen molar-refractivity contribution in [1.29, 1.82) is 0 Å². The Morgan fingerprint density at radius 3 is 1.31 bits per heavy atom. The molecule has 0 aromatic carbocycles. The molecule has 2 aromatic rings. The number of imidazole rings is 2. The van der Waals surface area contributed by atoms with E-state index >= 15 is 0 Å². The molecule has 0 bridgehead atoms. The zero-order valence-electron chi connectivity index (χ0n) is 7.83. The van der Waals surface area contributed by atoms with Crippen molar-refractivity contribution < 1.29 is 41.8 Å². The molecule has 0 aliphatic heterocycles. The second kappa shape index (κ2) is 6.98. The average Bonchev–Trinajstić information content (AvgIpc) is 2.63. The minimum absolute atomic E-state index is 0. The number of aryl methyl sites for hydroxylation is 2. The molecule has 0 saturated carbocycles. The van der Waals surface area contributed by atoms with Gasteiger partial charge in [-0.25, -0.2) is 9.97 Å². The topological polar surface area (TPSA) is 36.0 Å². The van der Waals surface area contributed by atoms with Crippen molar-refractivity contribution in [2.75, 3.05) is 0 Å². The van der Waals surface area contributed by atoms with Gasteiger partial charge in [-0.15, -0.1) is 0 Å². The molecule has 4 nitrogen and oxygen atoms in total. The van der Waals surface area contributed by atoms with Gasteiger partial charge >= 0.3 is 0 Å². The predicted molar refractivity (Wildman–Crippen MR) is 41.9 cm³/mol. The Kier molecular flexibility index (Phi) is 6.72. The normalized spacial score (nSPS) is 8.15. The standard InChI is InChI=1S/2C4H6N2.Y/c2*1-6-3-2-5-4-6;/h2*2-4H,1H3;. The molecule has 0 amide bonds. The minimum Gasteiger partial charge on any atom is -0.341 e. The summed E-state index contributed by atoms with van der Waals surface area (Å²) in [7, 11) is 3.88. The summed E-state index contributed by atoms with van der Waals surface area (Å²) in [5, 5.41) is 0. The fourth-order valence-corrected chi connectivity index (χ4v) is 0.652. The maximum atomic E-state index is 3.78. The molecule has 2 rings (SSSR count). The van der Waals surface area contributed by atoms with E-state index in [1.54, 1.807) is 25.0 Å². The van der Waals surface area contributed by atoms with Gasteiger partial charge in [0.15, 0.2) is 0 Å². The Bertz CT molecular complexity index is 256. The number of rotatable bonds is 0. The van der Waals surface area contributed by atoms with Crippen molar-refractivity contribution in [3.05, 3.63) is 37.4 Å². The van der Waals surface area contributed by atoms with E-state index in [-0.39, 0.29) is 32.7 Å². The Hall–Kier alpha value is -0.476. The first kappa shape index (κ1) is 12.5. The van der Waals surface area contributed by atoms with Crippen LogP contribution in [0.2, 0.25) is 0 Å². The molecule has 0 saturated heterocycles. The van der Waals surface area contributed by atoms with Gasteiger partial charge in [-0.1, -0.05) is 0 Å². The van der Waals surface area contributed by atoms with E-state index in [4.69, 9.17) is 0 Å². The van der Waals surface area contributed by atoms with E-state index in [9.17, 15) is 0 Å². The Morgan fingerprint density at radius 1 is 0.846 bits per heavy atom. The molecule has 0 N–H and O–H groups in total. The van der Waals surface area contributed by atoms with Crippen LogP contribution in [0.4, 0.5) is 0 Å². The van der Waals surface area contributed by atoms with Gasteiger partial charge in [0.05, 0.1) is 12.7 Å². The number of hydrogen-bond donors (Lipinski definition) is 0. The number of aromatic nitrogens is 4. The van der Waals surface area contributed by atoms with Gasteiger partial charge < -0.3 is 9.13 Å². The van der Waals surface area contributed by atoms with Crippen molar-refractivity contribution in [3.63, 3.8) is 0 Å². The Labute approximate surface area is 103 Å². The fourth-order valence-electron chi connectivity index (χ4n) is 0.652. The van der Waals surface area contributed by atoms with E-state index in [2.05, 4.69) is 9.97 Å². The van der Waals surface area contributed by atoms with Crippen LogP contribution in [0.3, 0.4) is 0 Å². The quantitative estimate of drug-likeness (QED) is 0.561. The summed E-state index contributed by atoms with van der Waals surface area (Å²) in [6, 6.07) is 0. The Balaban J connectivity index is 0.000000206. The fraction of sp³-hybridized carbons (Fsp3) is 0.250. The molecule has 1 radical (unpaired) electrons. The van der Waals surface area contributed by atoms with Crippen molar-refractivity contribution >= 4 is 0 Å². The summed E-state index contributed by atoms with van der Waals surface area (Å²) in [6.07, 6.45) is 10.8. The van der Waals surface area contributed by atoms with Crippen molar-refractivity contribution in [2.24, 2.45) is 14.1 Å². The Morgan fingerprint density at radius 2 is 1.23 bits per heavy atom. The van der Waals surface area contributed by atoms with Crippen LogP contribution in [0.25, 0.3) is 0 Å². The van der Waals surface area contributed by atoms with Gasteiger partial charge in [-0.3, -0.25) is 0 Å². The van der Waals surface area contributed by atoms with Crippen LogP contribution in [0.1, 0.15) is 0 Å². The van der Waals surface area contributed by atoms with Crippen LogP contribution in [-0.4, -0.2) is 0 Å². The molecule has 2 heterocycles. The first-order valence-electron chi connectivity index (χ1n) is 3.63. The smallest absolute Gasteiger partial charge is 0.0943 e. The molecule has 0 unspecified atom stereocenters. The summed E-state index contributed by atoms with van der Waals surface area (Å²) < 4.78 is 3.78. The maximum Gasteiger partial charge on any atom is 0.0943 e. The second-order valence-electron chi connectivity index (χ2n) is 2.46. The molecule has 2 aromatic heterocycles. The van der Waals surface area contributed by atoms with Gasteiger partial charge in [-0.2, -0.15) is 0 Å². The number of nitrogens with zero attached hydrogens (tertiary/aromatic N) is 4. The molecule has 0 spiro atoms. The van der Waals surface area contributed by atoms with E-state index in [0.717, 1.165) is 0 Å². The third-order valence-corrected chi connectivity index (χ3v) is 1.27. The molecule has 0 fully saturated rings.